The highest BCUT2D eigenvalue weighted by molar-refractivity contribution is 9.10. The zero-order valence-electron chi connectivity index (χ0n) is 10.2. The molecular weight excluding hydrogens is 344 g/mol. The van der Waals surface area contributed by atoms with Gasteiger partial charge in [-0.2, -0.15) is 4.98 Å². The van der Waals surface area contributed by atoms with Crippen LogP contribution in [0.1, 0.15) is 0 Å². The van der Waals surface area contributed by atoms with Crippen LogP contribution in [-0.2, 0) is 4.79 Å². The Morgan fingerprint density at radius 3 is 2.90 bits per heavy atom. The third-order valence-electron chi connectivity index (χ3n) is 2.29. The van der Waals surface area contributed by atoms with Crippen LogP contribution in [0, 0.1) is 0 Å². The number of rotatable bonds is 4. The lowest BCUT2D eigenvalue weighted by atomic mass is 10.2. The summed E-state index contributed by atoms with van der Waals surface area (Å²) in [7, 11) is 0. The van der Waals surface area contributed by atoms with Gasteiger partial charge in [0.15, 0.2) is 0 Å². The van der Waals surface area contributed by atoms with Crippen molar-refractivity contribution in [2.45, 2.75) is 0 Å². The third kappa shape index (κ3) is 3.79. The summed E-state index contributed by atoms with van der Waals surface area (Å²) in [6.07, 6.45) is 2.77. The molecule has 0 saturated heterocycles. The Hall–Kier alpha value is -1.92. The van der Waals surface area contributed by atoms with E-state index in [1.165, 1.54) is 6.08 Å². The highest BCUT2D eigenvalue weighted by Crippen LogP contribution is 2.25. The molecule has 2 aromatic rings. The number of hydrogen-bond donors (Lipinski definition) is 2. The average molecular weight is 354 g/mol. The predicted molar refractivity (Wildman–Crippen MR) is 83.3 cm³/mol. The molecular formula is C13H10BrClN4O. The van der Waals surface area contributed by atoms with Crippen molar-refractivity contribution in [3.05, 3.63) is 52.9 Å². The summed E-state index contributed by atoms with van der Waals surface area (Å²) < 4.78 is 0.683. The maximum atomic E-state index is 11.3. The molecule has 0 aliphatic heterocycles. The molecule has 2 N–H and O–H groups in total. The van der Waals surface area contributed by atoms with E-state index in [1.54, 1.807) is 24.4 Å². The number of anilines is 3. The van der Waals surface area contributed by atoms with Crippen LogP contribution >= 0.6 is 27.5 Å². The van der Waals surface area contributed by atoms with Gasteiger partial charge in [-0.1, -0.05) is 12.6 Å². The van der Waals surface area contributed by atoms with Crippen LogP contribution in [-0.4, -0.2) is 15.9 Å². The van der Waals surface area contributed by atoms with Gasteiger partial charge in [0.1, 0.15) is 5.82 Å². The lowest BCUT2D eigenvalue weighted by molar-refractivity contribution is -0.111. The Labute approximate surface area is 129 Å². The maximum absolute atomic E-state index is 11.3. The molecule has 0 unspecified atom stereocenters. The number of aromatic nitrogens is 2. The Balaban J connectivity index is 2.21. The minimum Gasteiger partial charge on any atom is -0.339 e. The molecule has 102 valence electrons. The summed E-state index contributed by atoms with van der Waals surface area (Å²) in [6.45, 7) is 3.40. The van der Waals surface area contributed by atoms with Gasteiger partial charge in [-0.3, -0.25) is 4.79 Å². The Morgan fingerprint density at radius 2 is 2.15 bits per heavy atom. The van der Waals surface area contributed by atoms with Crippen molar-refractivity contribution in [1.29, 1.82) is 0 Å². The molecule has 5 nitrogen and oxygen atoms in total. The number of benzene rings is 1. The predicted octanol–water partition coefficient (Wildman–Crippen LogP) is 3.76. The third-order valence-corrected chi connectivity index (χ3v) is 3.06. The van der Waals surface area contributed by atoms with Crippen LogP contribution in [0.3, 0.4) is 0 Å². The van der Waals surface area contributed by atoms with Crippen LogP contribution in [0.25, 0.3) is 0 Å². The molecule has 0 fully saturated rings. The molecule has 0 bridgehead atoms. The van der Waals surface area contributed by atoms with Crippen LogP contribution in [0.2, 0.25) is 5.28 Å². The van der Waals surface area contributed by atoms with E-state index in [1.807, 2.05) is 6.07 Å². The first-order valence-electron chi connectivity index (χ1n) is 5.57. The van der Waals surface area contributed by atoms with Crippen LogP contribution in [0.5, 0.6) is 0 Å². The van der Waals surface area contributed by atoms with Gasteiger partial charge in [0.2, 0.25) is 11.2 Å². The van der Waals surface area contributed by atoms with Crippen LogP contribution in [0.15, 0.2) is 47.6 Å². The second-order valence-electron chi connectivity index (χ2n) is 3.73. The minimum atomic E-state index is -0.270. The maximum Gasteiger partial charge on any atom is 0.247 e. The lowest BCUT2D eigenvalue weighted by Gasteiger charge is -2.09. The number of carbonyl (C=O) groups is 1. The quantitative estimate of drug-likeness (QED) is 0.649. The van der Waals surface area contributed by atoms with Gasteiger partial charge in [-0.25, -0.2) is 4.98 Å². The van der Waals surface area contributed by atoms with E-state index >= 15 is 0 Å². The van der Waals surface area contributed by atoms with Crippen molar-refractivity contribution >= 4 is 50.6 Å². The highest BCUT2D eigenvalue weighted by atomic mass is 79.9. The van der Waals surface area contributed by atoms with Crippen molar-refractivity contribution in [3.63, 3.8) is 0 Å². The van der Waals surface area contributed by atoms with E-state index in [2.05, 4.69) is 43.1 Å². The SMILES string of the molecule is C=CC(=O)Nc1cccc(Nc2nc(Cl)ncc2Br)c1. The van der Waals surface area contributed by atoms with Gasteiger partial charge >= 0.3 is 0 Å². The summed E-state index contributed by atoms with van der Waals surface area (Å²) in [5.41, 5.74) is 1.40. The van der Waals surface area contributed by atoms with Gasteiger partial charge < -0.3 is 10.6 Å². The summed E-state index contributed by atoms with van der Waals surface area (Å²) >= 11 is 9.08. The van der Waals surface area contributed by atoms with Crippen LogP contribution < -0.4 is 10.6 Å². The first-order valence-corrected chi connectivity index (χ1v) is 6.74. The van der Waals surface area contributed by atoms with Crippen molar-refractivity contribution in [3.8, 4) is 0 Å². The van der Waals surface area contributed by atoms with Gasteiger partial charge in [-0.15, -0.1) is 0 Å². The molecule has 1 heterocycles. The van der Waals surface area contributed by atoms with Crippen molar-refractivity contribution in [1.82, 2.24) is 9.97 Å². The molecule has 1 aromatic carbocycles. The molecule has 1 amide bonds. The summed E-state index contributed by atoms with van der Waals surface area (Å²) in [6, 6.07) is 7.18. The van der Waals surface area contributed by atoms with Crippen molar-refractivity contribution in [2.75, 3.05) is 10.6 Å². The van der Waals surface area contributed by atoms with Gasteiger partial charge in [0.05, 0.1) is 4.47 Å². The second kappa shape index (κ2) is 6.49. The standard InChI is InChI=1S/C13H10BrClN4O/c1-2-11(20)17-8-4-3-5-9(6-8)18-12-10(14)7-16-13(15)19-12/h2-7H,1H2,(H,17,20)(H,16,18,19). The molecule has 0 radical (unpaired) electrons. The molecule has 2 rings (SSSR count). The molecule has 0 saturated carbocycles. The molecule has 20 heavy (non-hydrogen) atoms. The lowest BCUT2D eigenvalue weighted by Crippen LogP contribution is -2.07. The van der Waals surface area contributed by atoms with E-state index in [0.717, 1.165) is 5.69 Å². The monoisotopic (exact) mass is 352 g/mol. The Morgan fingerprint density at radius 1 is 1.40 bits per heavy atom. The number of amides is 1. The second-order valence-corrected chi connectivity index (χ2v) is 4.93. The topological polar surface area (TPSA) is 66.9 Å². The van der Waals surface area contributed by atoms with E-state index in [0.29, 0.717) is 16.0 Å². The molecule has 0 spiro atoms. The summed E-state index contributed by atoms with van der Waals surface area (Å²) in [5.74, 6) is 0.269. The van der Waals surface area contributed by atoms with E-state index in [4.69, 9.17) is 11.6 Å². The fourth-order valence-corrected chi connectivity index (χ4v) is 1.86. The van der Waals surface area contributed by atoms with E-state index in [9.17, 15) is 4.79 Å². The zero-order valence-corrected chi connectivity index (χ0v) is 12.6. The van der Waals surface area contributed by atoms with Crippen molar-refractivity contribution < 1.29 is 4.79 Å². The highest BCUT2D eigenvalue weighted by Gasteiger charge is 2.05. The number of hydrogen-bond acceptors (Lipinski definition) is 4. The zero-order chi connectivity index (χ0) is 14.5. The number of nitrogens with one attached hydrogen (secondary N) is 2. The smallest absolute Gasteiger partial charge is 0.247 e. The molecule has 7 heteroatoms. The summed E-state index contributed by atoms with van der Waals surface area (Å²) in [5, 5.41) is 5.91. The molecule has 0 aliphatic carbocycles. The fraction of sp³-hybridized carbons (Fsp3) is 0. The first kappa shape index (κ1) is 14.5. The van der Waals surface area contributed by atoms with Crippen molar-refractivity contribution in [2.24, 2.45) is 0 Å². The number of halogens is 2. The van der Waals surface area contributed by atoms with E-state index in [-0.39, 0.29) is 11.2 Å². The molecule has 0 atom stereocenters. The van der Waals surface area contributed by atoms with Gasteiger partial charge in [0.25, 0.3) is 0 Å². The number of nitrogens with zero attached hydrogens (tertiary/aromatic N) is 2. The first-order chi connectivity index (χ1) is 9.58. The average Bonchev–Trinajstić information content (AvgIpc) is 2.43. The molecule has 1 aromatic heterocycles. The Bertz CT molecular complexity index is 663. The van der Waals surface area contributed by atoms with Crippen LogP contribution in [0.4, 0.5) is 17.2 Å². The van der Waals surface area contributed by atoms with Gasteiger partial charge in [0, 0.05) is 17.6 Å². The number of carbonyl (C=O) groups excluding carboxylic acids is 1. The fourth-order valence-electron chi connectivity index (χ4n) is 1.44. The van der Waals surface area contributed by atoms with Gasteiger partial charge in [-0.05, 0) is 51.8 Å². The van der Waals surface area contributed by atoms with E-state index < -0.39 is 0 Å². The summed E-state index contributed by atoms with van der Waals surface area (Å²) in [4.78, 5) is 19.2. The largest absolute Gasteiger partial charge is 0.339 e. The normalized spacial score (nSPS) is 9.90. The minimum absolute atomic E-state index is 0.145. The Kier molecular flexibility index (Phi) is 4.70. The molecule has 0 aliphatic rings.